The Labute approximate surface area is 127 Å². The first kappa shape index (κ1) is 15.6. The molecule has 2 rings (SSSR count). The van der Waals surface area contributed by atoms with Crippen LogP contribution in [-0.4, -0.2) is 12.6 Å². The van der Waals surface area contributed by atoms with Crippen molar-refractivity contribution < 1.29 is 9.53 Å². The van der Waals surface area contributed by atoms with Crippen LogP contribution in [0, 0.1) is 0 Å². The van der Waals surface area contributed by atoms with E-state index in [0.717, 1.165) is 23.8 Å². The van der Waals surface area contributed by atoms with E-state index in [1.807, 2.05) is 24.3 Å². The first-order chi connectivity index (χ1) is 10.3. The molecule has 0 aromatic heterocycles. The van der Waals surface area contributed by atoms with E-state index in [1.54, 1.807) is 0 Å². The maximum absolute atomic E-state index is 11.9. The molecule has 0 bridgehead atoms. The third kappa shape index (κ3) is 4.89. The van der Waals surface area contributed by atoms with Gasteiger partial charge in [-0.3, -0.25) is 4.79 Å². The number of carbonyl (C=O) groups excluding carboxylic acids is 1. The van der Waals surface area contributed by atoms with E-state index < -0.39 is 0 Å². The number of carbonyl (C=O) groups is 1. The van der Waals surface area contributed by atoms with Gasteiger partial charge in [-0.2, -0.15) is 0 Å². The molecule has 2 heteroatoms. The zero-order valence-corrected chi connectivity index (χ0v) is 12.8. The van der Waals surface area contributed by atoms with Gasteiger partial charge in [0.25, 0.3) is 0 Å². The van der Waals surface area contributed by atoms with Gasteiger partial charge in [-0.25, -0.2) is 0 Å². The topological polar surface area (TPSA) is 26.3 Å². The molecule has 0 radical (unpaired) electrons. The van der Waals surface area contributed by atoms with Crippen LogP contribution >= 0.6 is 0 Å². The molecule has 21 heavy (non-hydrogen) atoms. The van der Waals surface area contributed by atoms with Crippen molar-refractivity contribution in [3.05, 3.63) is 48.0 Å². The average molecular weight is 284 g/mol. The standard InChI is InChI=1S/C19H24O2/c1-2-3-4-5-8-14-21-19(20)15-17-12-9-11-16-10-6-7-13-18(16)17/h6-7,9-13H,2-5,8,14-15H2,1H3. The van der Waals surface area contributed by atoms with Crippen molar-refractivity contribution in [2.75, 3.05) is 6.61 Å². The highest BCUT2D eigenvalue weighted by Crippen LogP contribution is 2.19. The minimum atomic E-state index is -0.123. The Balaban J connectivity index is 1.82. The lowest BCUT2D eigenvalue weighted by atomic mass is 10.0. The van der Waals surface area contributed by atoms with E-state index in [-0.39, 0.29) is 5.97 Å². The van der Waals surface area contributed by atoms with E-state index in [2.05, 4.69) is 25.1 Å². The van der Waals surface area contributed by atoms with Crippen molar-refractivity contribution in [2.45, 2.75) is 45.4 Å². The average Bonchev–Trinajstić information content (AvgIpc) is 2.51. The third-order valence-corrected chi connectivity index (χ3v) is 3.73. The van der Waals surface area contributed by atoms with Crippen molar-refractivity contribution in [1.29, 1.82) is 0 Å². The van der Waals surface area contributed by atoms with Crippen molar-refractivity contribution in [2.24, 2.45) is 0 Å². The molecule has 0 atom stereocenters. The molecule has 0 unspecified atom stereocenters. The predicted molar refractivity (Wildman–Crippen MR) is 87.4 cm³/mol. The van der Waals surface area contributed by atoms with E-state index >= 15 is 0 Å². The second-order valence-corrected chi connectivity index (χ2v) is 5.45. The summed E-state index contributed by atoms with van der Waals surface area (Å²) in [4.78, 5) is 11.9. The molecular formula is C19H24O2. The second-order valence-electron chi connectivity index (χ2n) is 5.45. The summed E-state index contributed by atoms with van der Waals surface area (Å²) in [5, 5.41) is 2.31. The summed E-state index contributed by atoms with van der Waals surface area (Å²) in [5.41, 5.74) is 1.05. The monoisotopic (exact) mass is 284 g/mol. The Morgan fingerprint density at radius 1 is 0.952 bits per heavy atom. The van der Waals surface area contributed by atoms with E-state index in [9.17, 15) is 4.79 Å². The highest BCUT2D eigenvalue weighted by Gasteiger charge is 2.07. The van der Waals surface area contributed by atoms with E-state index in [0.29, 0.717) is 13.0 Å². The largest absolute Gasteiger partial charge is 0.465 e. The molecule has 0 aliphatic carbocycles. The van der Waals surface area contributed by atoms with Crippen LogP contribution < -0.4 is 0 Å². The Morgan fingerprint density at radius 3 is 2.57 bits per heavy atom. The molecule has 0 fully saturated rings. The lowest BCUT2D eigenvalue weighted by Crippen LogP contribution is -2.09. The van der Waals surface area contributed by atoms with E-state index in [1.165, 1.54) is 24.6 Å². The van der Waals surface area contributed by atoms with Crippen molar-refractivity contribution in [3.8, 4) is 0 Å². The summed E-state index contributed by atoms with van der Waals surface area (Å²) in [5.74, 6) is -0.123. The molecule has 0 saturated heterocycles. The summed E-state index contributed by atoms with van der Waals surface area (Å²) in [6, 6.07) is 14.2. The summed E-state index contributed by atoms with van der Waals surface area (Å²) >= 11 is 0. The van der Waals surface area contributed by atoms with Crippen LogP contribution in [-0.2, 0) is 16.0 Å². The lowest BCUT2D eigenvalue weighted by molar-refractivity contribution is -0.142. The second kappa shape index (κ2) is 8.46. The molecule has 2 nitrogen and oxygen atoms in total. The number of rotatable bonds is 8. The molecule has 0 amide bonds. The molecule has 0 heterocycles. The van der Waals surface area contributed by atoms with Gasteiger partial charge in [-0.05, 0) is 22.8 Å². The number of ether oxygens (including phenoxy) is 1. The van der Waals surface area contributed by atoms with Crippen LogP contribution in [0.1, 0.15) is 44.6 Å². The third-order valence-electron chi connectivity index (χ3n) is 3.73. The zero-order valence-electron chi connectivity index (χ0n) is 12.8. The molecule has 0 aliphatic rings. The molecular weight excluding hydrogens is 260 g/mol. The van der Waals surface area contributed by atoms with Crippen molar-refractivity contribution >= 4 is 16.7 Å². The van der Waals surface area contributed by atoms with Gasteiger partial charge in [0.2, 0.25) is 0 Å². The van der Waals surface area contributed by atoms with Gasteiger partial charge < -0.3 is 4.74 Å². The van der Waals surface area contributed by atoms with Gasteiger partial charge in [0.05, 0.1) is 13.0 Å². The van der Waals surface area contributed by atoms with Crippen LogP contribution in [0.15, 0.2) is 42.5 Å². The zero-order chi connectivity index (χ0) is 14.9. The van der Waals surface area contributed by atoms with Gasteiger partial charge in [0, 0.05) is 0 Å². The van der Waals surface area contributed by atoms with Crippen LogP contribution in [0.5, 0.6) is 0 Å². The molecule has 0 aliphatic heterocycles. The first-order valence-corrected chi connectivity index (χ1v) is 7.93. The fourth-order valence-corrected chi connectivity index (χ4v) is 2.54. The van der Waals surface area contributed by atoms with E-state index in [4.69, 9.17) is 4.74 Å². The number of unbranched alkanes of at least 4 members (excludes halogenated alkanes) is 4. The number of fused-ring (bicyclic) bond motifs is 1. The van der Waals surface area contributed by atoms with Gasteiger partial charge in [0.15, 0.2) is 0 Å². The minimum absolute atomic E-state index is 0.123. The van der Waals surface area contributed by atoms with Gasteiger partial charge in [0.1, 0.15) is 0 Å². The minimum Gasteiger partial charge on any atom is -0.465 e. The molecule has 112 valence electrons. The maximum atomic E-state index is 11.9. The number of benzene rings is 2. The summed E-state index contributed by atoms with van der Waals surface area (Å²) in [6.07, 6.45) is 6.22. The highest BCUT2D eigenvalue weighted by molar-refractivity contribution is 5.88. The Kier molecular flexibility index (Phi) is 6.26. The van der Waals surface area contributed by atoms with Crippen molar-refractivity contribution in [3.63, 3.8) is 0 Å². The summed E-state index contributed by atoms with van der Waals surface area (Å²) in [7, 11) is 0. The van der Waals surface area contributed by atoms with Crippen LogP contribution in [0.2, 0.25) is 0 Å². The summed E-state index contributed by atoms with van der Waals surface area (Å²) < 4.78 is 5.34. The molecule has 0 N–H and O–H groups in total. The fourth-order valence-electron chi connectivity index (χ4n) is 2.54. The molecule has 0 spiro atoms. The number of esters is 1. The number of hydrogen-bond donors (Lipinski definition) is 0. The van der Waals surface area contributed by atoms with Crippen LogP contribution in [0.3, 0.4) is 0 Å². The fraction of sp³-hybridized carbons (Fsp3) is 0.421. The summed E-state index contributed by atoms with van der Waals surface area (Å²) in [6.45, 7) is 2.75. The first-order valence-electron chi connectivity index (χ1n) is 7.93. The quantitative estimate of drug-likeness (QED) is 0.509. The predicted octanol–water partition coefficient (Wildman–Crippen LogP) is 4.90. The van der Waals surface area contributed by atoms with Crippen molar-refractivity contribution in [1.82, 2.24) is 0 Å². The smallest absolute Gasteiger partial charge is 0.310 e. The lowest BCUT2D eigenvalue weighted by Gasteiger charge is -2.07. The Bertz CT molecular complexity index is 569. The van der Waals surface area contributed by atoms with Crippen LogP contribution in [0.25, 0.3) is 10.8 Å². The van der Waals surface area contributed by atoms with Crippen LogP contribution in [0.4, 0.5) is 0 Å². The van der Waals surface area contributed by atoms with Gasteiger partial charge in [-0.15, -0.1) is 0 Å². The SMILES string of the molecule is CCCCCCCOC(=O)Cc1cccc2ccccc12. The van der Waals surface area contributed by atoms with Gasteiger partial charge >= 0.3 is 5.97 Å². The Hall–Kier alpha value is -1.83. The highest BCUT2D eigenvalue weighted by atomic mass is 16.5. The Morgan fingerprint density at radius 2 is 1.71 bits per heavy atom. The molecule has 0 saturated carbocycles. The molecule has 2 aromatic rings. The number of hydrogen-bond acceptors (Lipinski definition) is 2. The molecule has 2 aromatic carbocycles. The normalized spacial score (nSPS) is 10.7. The van der Waals surface area contributed by atoms with Gasteiger partial charge in [-0.1, -0.05) is 75.1 Å². The maximum Gasteiger partial charge on any atom is 0.310 e.